The van der Waals surface area contributed by atoms with Gasteiger partial charge in [-0.2, -0.15) is 9.03 Å². The molecule has 1 unspecified atom stereocenters. The molecule has 0 radical (unpaired) electrons. The topological polar surface area (TPSA) is 125 Å². The maximum Gasteiger partial charge on any atom is 0.335 e. The first kappa shape index (κ1) is 20.2. The second kappa shape index (κ2) is 8.67. The summed E-state index contributed by atoms with van der Waals surface area (Å²) < 4.78 is 23.6. The van der Waals surface area contributed by atoms with E-state index in [1.54, 1.807) is 23.5 Å². The smallest absolute Gasteiger partial charge is 0.335 e. The second-order valence-electron chi connectivity index (χ2n) is 6.27. The number of aliphatic hydroxyl groups excluding tert-OH is 1. The van der Waals surface area contributed by atoms with Crippen LogP contribution < -0.4 is 10.0 Å². The van der Waals surface area contributed by atoms with Gasteiger partial charge in [0.1, 0.15) is 6.23 Å². The molecule has 8 nitrogen and oxygen atoms in total. The van der Waals surface area contributed by atoms with Crippen molar-refractivity contribution in [3.8, 4) is 0 Å². The number of carbonyl (C=O) groups is 1. The molecule has 0 saturated carbocycles. The molecule has 0 aliphatic carbocycles. The summed E-state index contributed by atoms with van der Waals surface area (Å²) in [4.78, 5) is 13.0. The Kier molecular flexibility index (Phi) is 6.50. The number of aromatic carboxylic acids is 1. The summed E-state index contributed by atoms with van der Waals surface area (Å²) in [6.45, 7) is 2.01. The zero-order chi connectivity index (χ0) is 19.4. The van der Waals surface area contributed by atoms with Crippen molar-refractivity contribution in [1.82, 2.24) is 14.3 Å². The molecule has 0 amide bonds. The monoisotopic (exact) mass is 413 g/mol. The molecule has 0 bridgehead atoms. The summed E-state index contributed by atoms with van der Waals surface area (Å²) in [7, 11) is -3.10. The normalized spacial score (nSPS) is 20.6. The molecule has 10 heteroatoms. The molecule has 27 heavy (non-hydrogen) atoms. The van der Waals surface area contributed by atoms with Gasteiger partial charge in [0.2, 0.25) is 0 Å². The van der Waals surface area contributed by atoms with Gasteiger partial charge in [0.15, 0.2) is 0 Å². The van der Waals surface area contributed by atoms with Crippen LogP contribution >= 0.6 is 22.3 Å². The molecule has 1 aliphatic heterocycles. The zero-order valence-corrected chi connectivity index (χ0v) is 16.2. The van der Waals surface area contributed by atoms with Gasteiger partial charge in [0, 0.05) is 16.3 Å². The minimum Gasteiger partial charge on any atom is -0.478 e. The van der Waals surface area contributed by atoms with Crippen LogP contribution in [0.4, 0.5) is 0 Å². The Morgan fingerprint density at radius 2 is 1.93 bits per heavy atom. The molecule has 148 valence electrons. The second-order valence-corrected chi connectivity index (χ2v) is 9.31. The number of nitrogens with one attached hydrogen (secondary N) is 2. The largest absolute Gasteiger partial charge is 0.478 e. The minimum atomic E-state index is -3.10. The van der Waals surface area contributed by atoms with Crippen molar-refractivity contribution >= 4 is 28.3 Å². The maximum absolute atomic E-state index is 10.8. The molecule has 2 aromatic rings. The summed E-state index contributed by atoms with van der Waals surface area (Å²) >= 11 is 1.59. The molecule has 6 N–H and O–H groups in total. The van der Waals surface area contributed by atoms with E-state index in [0.717, 1.165) is 28.3 Å². The van der Waals surface area contributed by atoms with Gasteiger partial charge in [-0.1, -0.05) is 23.1 Å². The van der Waals surface area contributed by atoms with E-state index in [1.165, 1.54) is 4.31 Å². The van der Waals surface area contributed by atoms with E-state index in [9.17, 15) is 19.0 Å². The first-order valence-electron chi connectivity index (χ1n) is 8.43. The van der Waals surface area contributed by atoms with Crippen LogP contribution in [0.25, 0.3) is 0 Å². The minimum absolute atomic E-state index is 0.175. The van der Waals surface area contributed by atoms with Crippen LogP contribution in [-0.4, -0.2) is 48.9 Å². The van der Waals surface area contributed by atoms with Crippen molar-refractivity contribution in [1.29, 1.82) is 0 Å². The Morgan fingerprint density at radius 1 is 1.22 bits per heavy atom. The molecule has 1 fully saturated rings. The summed E-state index contributed by atoms with van der Waals surface area (Å²) in [5.74, 6) is -0.923. The number of aliphatic hydroxyl groups is 1. The average molecular weight is 414 g/mol. The quantitative estimate of drug-likeness (QED) is 0.363. The van der Waals surface area contributed by atoms with Crippen LogP contribution in [-0.2, 0) is 19.5 Å². The molecular formula is C17H23N3O5S2. The van der Waals surface area contributed by atoms with Crippen LogP contribution in [0.15, 0.2) is 36.4 Å². The predicted octanol–water partition coefficient (Wildman–Crippen LogP) is 2.08. The predicted molar refractivity (Wildman–Crippen MR) is 106 cm³/mol. The molecule has 1 aromatic heterocycles. The van der Waals surface area contributed by atoms with Crippen LogP contribution in [0.3, 0.4) is 0 Å². The van der Waals surface area contributed by atoms with E-state index in [0.29, 0.717) is 13.1 Å². The Morgan fingerprint density at radius 3 is 2.56 bits per heavy atom. The molecule has 1 aliphatic rings. The fourth-order valence-electron chi connectivity index (χ4n) is 2.78. The van der Waals surface area contributed by atoms with E-state index in [4.69, 9.17) is 5.11 Å². The summed E-state index contributed by atoms with van der Waals surface area (Å²) in [6.07, 6.45) is -0.128. The third-order valence-electron chi connectivity index (χ3n) is 4.17. The summed E-state index contributed by atoms with van der Waals surface area (Å²) in [6, 6.07) is 10.8. The van der Waals surface area contributed by atoms with Gasteiger partial charge in [-0.15, -0.1) is 11.3 Å². The van der Waals surface area contributed by atoms with Gasteiger partial charge >= 0.3 is 5.97 Å². The summed E-state index contributed by atoms with van der Waals surface area (Å²) in [5, 5.41) is 21.8. The number of hydrogen-bond acceptors (Lipinski definition) is 8. The van der Waals surface area contributed by atoms with E-state index < -0.39 is 23.2 Å². The first-order chi connectivity index (χ1) is 12.8. The number of carboxylic acid groups (broad SMARTS) is 1. The highest BCUT2D eigenvalue weighted by molar-refractivity contribution is 8.20. The van der Waals surface area contributed by atoms with E-state index >= 15 is 0 Å². The van der Waals surface area contributed by atoms with Crippen molar-refractivity contribution in [3.05, 3.63) is 57.3 Å². The Labute approximate surface area is 163 Å². The van der Waals surface area contributed by atoms with Crippen molar-refractivity contribution < 1.29 is 24.1 Å². The molecular weight excluding hydrogens is 390 g/mol. The van der Waals surface area contributed by atoms with Crippen LogP contribution in [0, 0.1) is 0 Å². The fraction of sp³-hybridized carbons (Fsp3) is 0.353. The van der Waals surface area contributed by atoms with Crippen molar-refractivity contribution in [3.63, 3.8) is 0 Å². The SMILES string of the molecule is O=C(O)c1ccc(CCNCc2ccc(CN3CC(O)NS3(O)O)s2)cc1. The number of hydrogen-bond donors (Lipinski definition) is 6. The lowest BCUT2D eigenvalue weighted by molar-refractivity contribution is 0.0697. The number of benzene rings is 1. The number of rotatable bonds is 8. The van der Waals surface area contributed by atoms with Crippen molar-refractivity contribution in [2.75, 3.05) is 13.1 Å². The average Bonchev–Trinajstić information content (AvgIpc) is 3.15. The number of β-amino-alcohol motifs (C(OH)–C–C–N with tert-alkyl or cyclic N) is 1. The Balaban J connectivity index is 1.42. The van der Waals surface area contributed by atoms with Gasteiger partial charge in [-0.25, -0.2) is 4.79 Å². The fourth-order valence-corrected chi connectivity index (χ4v) is 5.12. The Hall–Kier alpha value is -1.50. The third-order valence-corrected chi connectivity index (χ3v) is 6.83. The van der Waals surface area contributed by atoms with Gasteiger partial charge in [-0.3, -0.25) is 9.11 Å². The standard InChI is InChI=1S/C17H23N3O5S2/c21-16-11-20(27(24,25)19-16)10-15-6-5-14(26-15)9-18-8-7-12-1-3-13(4-2-12)17(22)23/h1-6,16,18-19,21,24-25H,7-11H2,(H,22,23). The number of thiophene rings is 1. The van der Waals surface area contributed by atoms with E-state index in [1.807, 2.05) is 24.3 Å². The third kappa shape index (κ3) is 5.50. The van der Waals surface area contributed by atoms with Gasteiger partial charge in [0.05, 0.1) is 18.7 Å². The first-order valence-corrected chi connectivity index (χ1v) is 10.7. The molecule has 1 saturated heterocycles. The van der Waals surface area contributed by atoms with Crippen molar-refractivity contribution in [2.45, 2.75) is 25.7 Å². The maximum atomic E-state index is 10.8. The highest BCUT2D eigenvalue weighted by atomic mass is 32.3. The lowest BCUT2D eigenvalue weighted by Crippen LogP contribution is -2.25. The van der Waals surface area contributed by atoms with E-state index in [-0.39, 0.29) is 12.1 Å². The van der Waals surface area contributed by atoms with E-state index in [2.05, 4.69) is 10.0 Å². The number of carboxylic acids is 1. The lowest BCUT2D eigenvalue weighted by atomic mass is 10.1. The lowest BCUT2D eigenvalue weighted by Gasteiger charge is -2.34. The van der Waals surface area contributed by atoms with Crippen LogP contribution in [0.1, 0.15) is 25.7 Å². The zero-order valence-electron chi connectivity index (χ0n) is 14.5. The summed E-state index contributed by atoms with van der Waals surface area (Å²) in [5.41, 5.74) is 1.36. The molecule has 3 rings (SSSR count). The van der Waals surface area contributed by atoms with Gasteiger partial charge < -0.3 is 15.5 Å². The molecule has 0 spiro atoms. The Bertz CT molecular complexity index is 781. The highest BCUT2D eigenvalue weighted by Crippen LogP contribution is 2.44. The van der Waals surface area contributed by atoms with Crippen molar-refractivity contribution in [2.24, 2.45) is 0 Å². The van der Waals surface area contributed by atoms with Gasteiger partial charge in [-0.05, 0) is 42.8 Å². The van der Waals surface area contributed by atoms with Crippen LogP contribution in [0.2, 0.25) is 0 Å². The molecule has 1 aromatic carbocycles. The highest BCUT2D eigenvalue weighted by Gasteiger charge is 2.34. The molecule has 1 atom stereocenters. The van der Waals surface area contributed by atoms with Crippen LogP contribution in [0.5, 0.6) is 0 Å². The number of nitrogens with zero attached hydrogens (tertiary/aromatic N) is 1. The van der Waals surface area contributed by atoms with Gasteiger partial charge in [0.25, 0.3) is 0 Å². The molecule has 2 heterocycles.